The molecule has 234 valence electrons. The molecule has 0 radical (unpaired) electrons. The highest BCUT2D eigenvalue weighted by molar-refractivity contribution is 5.98. The van der Waals surface area contributed by atoms with E-state index in [0.717, 1.165) is 5.56 Å². The van der Waals surface area contributed by atoms with Crippen molar-refractivity contribution in [3.05, 3.63) is 83.9 Å². The number of halogens is 1. The van der Waals surface area contributed by atoms with Crippen molar-refractivity contribution in [2.45, 2.75) is 44.9 Å². The number of amides is 1. The summed E-state index contributed by atoms with van der Waals surface area (Å²) in [5.41, 5.74) is 0.704. The van der Waals surface area contributed by atoms with Gasteiger partial charge in [0.15, 0.2) is 23.2 Å². The molecule has 1 aliphatic heterocycles. The van der Waals surface area contributed by atoms with E-state index >= 15 is 0 Å². The molecule has 1 aliphatic rings. The molecule has 4 atom stereocenters. The fraction of sp³-hybridized carbons (Fsp3) is 0.375. The molecule has 1 amide bonds. The van der Waals surface area contributed by atoms with Gasteiger partial charge in [0, 0.05) is 31.7 Å². The molecule has 11 nitrogen and oxygen atoms in total. The quantitative estimate of drug-likeness (QED) is 0.267. The van der Waals surface area contributed by atoms with Gasteiger partial charge in [-0.15, -0.1) is 0 Å². The molecule has 0 saturated carbocycles. The van der Waals surface area contributed by atoms with Crippen molar-refractivity contribution >= 4 is 17.8 Å². The minimum atomic E-state index is -1.19. The third-order valence-electron chi connectivity index (χ3n) is 6.93. The van der Waals surface area contributed by atoms with Crippen LogP contribution in [0.3, 0.4) is 0 Å². The Morgan fingerprint density at radius 2 is 1.84 bits per heavy atom. The van der Waals surface area contributed by atoms with Crippen LogP contribution in [0.5, 0.6) is 17.2 Å². The number of aromatic nitrogens is 1. The summed E-state index contributed by atoms with van der Waals surface area (Å²) in [6.07, 6.45) is 1.07. The monoisotopic (exact) mass is 610 g/mol. The van der Waals surface area contributed by atoms with Gasteiger partial charge < -0.3 is 33.7 Å². The number of esters is 2. The number of nitrogens with zero attached hydrogens (tertiary/aromatic N) is 1. The summed E-state index contributed by atoms with van der Waals surface area (Å²) in [7, 11) is 1.38. The van der Waals surface area contributed by atoms with Crippen LogP contribution >= 0.6 is 0 Å². The first-order valence-corrected chi connectivity index (χ1v) is 14.1. The van der Waals surface area contributed by atoms with Crippen LogP contribution in [-0.4, -0.2) is 68.2 Å². The van der Waals surface area contributed by atoms with Crippen LogP contribution < -0.4 is 19.5 Å². The largest absolute Gasteiger partial charge is 0.493 e. The first kappa shape index (κ1) is 32.2. The van der Waals surface area contributed by atoms with Gasteiger partial charge in [-0.1, -0.05) is 30.3 Å². The molecule has 0 aliphatic carbocycles. The Labute approximate surface area is 254 Å². The second-order valence-corrected chi connectivity index (χ2v) is 10.1. The highest BCUT2D eigenvalue weighted by Gasteiger charge is 2.36. The van der Waals surface area contributed by atoms with Crippen LogP contribution in [0, 0.1) is 11.7 Å². The third kappa shape index (κ3) is 8.90. The molecule has 1 saturated heterocycles. The maximum Gasteiger partial charge on any atom is 0.331 e. The first-order valence-electron chi connectivity index (χ1n) is 14.1. The average molecular weight is 611 g/mol. The summed E-state index contributed by atoms with van der Waals surface area (Å²) in [6.45, 7) is 2.55. The van der Waals surface area contributed by atoms with E-state index in [1.54, 1.807) is 19.1 Å². The van der Waals surface area contributed by atoms with Crippen LogP contribution in [0.25, 0.3) is 0 Å². The zero-order valence-corrected chi connectivity index (χ0v) is 24.7. The van der Waals surface area contributed by atoms with E-state index in [9.17, 15) is 18.8 Å². The number of carbonyl (C=O) groups is 3. The molecule has 4 rings (SSSR count). The highest BCUT2D eigenvalue weighted by Crippen LogP contribution is 2.30. The number of hydrogen-bond acceptors (Lipinski definition) is 10. The maximum atomic E-state index is 13.6. The lowest BCUT2D eigenvalue weighted by molar-refractivity contribution is -0.160. The SMILES string of the molecule is COc1ccnc(C(=O)N[C@H]2COCC[C@H](Cc3ccc(F)cc3)[C@@H](Oc3ccccc3)[C@H](C)OC2=O)c1OCOC(C)=O. The van der Waals surface area contributed by atoms with Crippen molar-refractivity contribution in [3.63, 3.8) is 0 Å². The number of hydrogen-bond donors (Lipinski definition) is 1. The minimum absolute atomic E-state index is 0.0729. The Morgan fingerprint density at radius 1 is 1.09 bits per heavy atom. The Balaban J connectivity index is 1.53. The zero-order chi connectivity index (χ0) is 31.5. The molecule has 3 aromatic rings. The second kappa shape index (κ2) is 15.7. The maximum absolute atomic E-state index is 13.6. The van der Waals surface area contributed by atoms with Gasteiger partial charge in [0.2, 0.25) is 6.79 Å². The van der Waals surface area contributed by atoms with Gasteiger partial charge in [0.1, 0.15) is 23.8 Å². The average Bonchev–Trinajstić information content (AvgIpc) is 3.01. The molecular weight excluding hydrogens is 575 g/mol. The number of rotatable bonds is 10. The Kier molecular flexibility index (Phi) is 11.5. The molecule has 1 aromatic heterocycles. The van der Waals surface area contributed by atoms with Crippen molar-refractivity contribution in [2.24, 2.45) is 5.92 Å². The van der Waals surface area contributed by atoms with Gasteiger partial charge in [0.05, 0.1) is 13.7 Å². The Hall–Kier alpha value is -4.71. The van der Waals surface area contributed by atoms with Crippen LogP contribution in [0.15, 0.2) is 66.9 Å². The van der Waals surface area contributed by atoms with Crippen LogP contribution in [0.1, 0.15) is 36.3 Å². The lowest BCUT2D eigenvalue weighted by Gasteiger charge is -2.34. The van der Waals surface area contributed by atoms with Gasteiger partial charge in [0.25, 0.3) is 5.91 Å². The standard InChI is InChI=1S/C32H35FN2O9/c1-20-29(44-25-7-5-4-6-8-25)23(17-22-9-11-24(33)12-10-22)14-16-40-18-26(32(38)43-20)35-31(37)28-30(42-19-41-21(2)36)27(39-3)13-15-34-28/h4-13,15,20,23,26,29H,14,16-19H2,1-3H3,(H,35,37)/t20-,23+,26-,29-/m0/s1. The smallest absolute Gasteiger partial charge is 0.331 e. The summed E-state index contributed by atoms with van der Waals surface area (Å²) >= 11 is 0. The summed E-state index contributed by atoms with van der Waals surface area (Å²) in [5.74, 6) is -1.87. The van der Waals surface area contributed by atoms with E-state index in [1.165, 1.54) is 38.4 Å². The number of ether oxygens (including phenoxy) is 6. The van der Waals surface area contributed by atoms with Crippen LogP contribution in [0.2, 0.25) is 0 Å². The third-order valence-corrected chi connectivity index (χ3v) is 6.93. The van der Waals surface area contributed by atoms with Crippen molar-refractivity contribution in [1.29, 1.82) is 0 Å². The van der Waals surface area contributed by atoms with Gasteiger partial charge in [-0.25, -0.2) is 14.2 Å². The molecule has 1 fully saturated rings. The van der Waals surface area contributed by atoms with Crippen molar-refractivity contribution < 1.29 is 47.2 Å². The van der Waals surface area contributed by atoms with Crippen LogP contribution in [0.4, 0.5) is 4.39 Å². The fourth-order valence-electron chi connectivity index (χ4n) is 4.76. The number of carbonyl (C=O) groups excluding carboxylic acids is 3. The summed E-state index contributed by atoms with van der Waals surface area (Å²) in [4.78, 5) is 42.0. The minimum Gasteiger partial charge on any atom is -0.493 e. The topological polar surface area (TPSA) is 132 Å². The van der Waals surface area contributed by atoms with Crippen LogP contribution in [-0.2, 0) is 30.2 Å². The van der Waals surface area contributed by atoms with Crippen molar-refractivity contribution in [3.8, 4) is 17.2 Å². The van der Waals surface area contributed by atoms with Crippen molar-refractivity contribution in [2.75, 3.05) is 27.1 Å². The molecule has 2 aromatic carbocycles. The fourth-order valence-corrected chi connectivity index (χ4v) is 4.76. The Bertz CT molecular complexity index is 1400. The Morgan fingerprint density at radius 3 is 2.55 bits per heavy atom. The number of pyridine rings is 1. The number of benzene rings is 2. The van der Waals surface area contributed by atoms with Gasteiger partial charge in [-0.05, 0) is 49.6 Å². The van der Waals surface area contributed by atoms with E-state index in [4.69, 9.17) is 28.4 Å². The zero-order valence-electron chi connectivity index (χ0n) is 24.7. The van der Waals surface area contributed by atoms with E-state index in [2.05, 4.69) is 10.3 Å². The predicted octanol–water partition coefficient (Wildman–Crippen LogP) is 3.89. The first-order chi connectivity index (χ1) is 21.2. The number of para-hydroxylation sites is 1. The molecular formula is C32H35FN2O9. The summed E-state index contributed by atoms with van der Waals surface area (Å²) in [6, 6.07) is 15.7. The van der Waals surface area contributed by atoms with Crippen molar-refractivity contribution in [1.82, 2.24) is 10.3 Å². The number of nitrogens with one attached hydrogen (secondary N) is 1. The molecule has 0 bridgehead atoms. The van der Waals surface area contributed by atoms with E-state index < -0.39 is 42.9 Å². The summed E-state index contributed by atoms with van der Waals surface area (Å²) < 4.78 is 47.2. The van der Waals surface area contributed by atoms with E-state index in [-0.39, 0.29) is 42.1 Å². The lowest BCUT2D eigenvalue weighted by atomic mass is 9.88. The van der Waals surface area contributed by atoms with Gasteiger partial charge in [-0.2, -0.15) is 0 Å². The van der Waals surface area contributed by atoms with Gasteiger partial charge >= 0.3 is 11.9 Å². The molecule has 0 spiro atoms. The van der Waals surface area contributed by atoms with E-state index in [1.807, 2.05) is 30.3 Å². The number of cyclic esters (lactones) is 1. The van der Waals surface area contributed by atoms with E-state index in [0.29, 0.717) is 18.6 Å². The molecule has 1 N–H and O–H groups in total. The normalized spacial score (nSPS) is 20.5. The summed E-state index contributed by atoms with van der Waals surface area (Å²) in [5, 5.41) is 2.61. The number of methoxy groups -OCH3 is 1. The lowest BCUT2D eigenvalue weighted by Crippen LogP contribution is -2.50. The second-order valence-electron chi connectivity index (χ2n) is 10.1. The highest BCUT2D eigenvalue weighted by atomic mass is 19.1. The predicted molar refractivity (Wildman–Crippen MR) is 155 cm³/mol. The van der Waals surface area contributed by atoms with Gasteiger partial charge in [-0.3, -0.25) is 9.59 Å². The molecule has 2 heterocycles. The molecule has 44 heavy (non-hydrogen) atoms. The molecule has 0 unspecified atom stereocenters. The molecule has 12 heteroatoms.